The van der Waals surface area contributed by atoms with E-state index < -0.39 is 22.0 Å². The Morgan fingerprint density at radius 1 is 1.29 bits per heavy atom. The molecule has 0 atom stereocenters. The van der Waals surface area contributed by atoms with Gasteiger partial charge < -0.3 is 10.2 Å². The number of nitrogens with one attached hydrogen (secondary N) is 1. The van der Waals surface area contributed by atoms with Crippen molar-refractivity contribution in [1.29, 1.82) is 0 Å². The van der Waals surface area contributed by atoms with Crippen molar-refractivity contribution in [1.82, 2.24) is 14.5 Å². The van der Waals surface area contributed by atoms with Crippen LogP contribution in [0.3, 0.4) is 0 Å². The van der Waals surface area contributed by atoms with Crippen LogP contribution in [0.5, 0.6) is 0 Å². The standard InChI is InChI=1S/C19H27N3O4S.ClH/c1-4-11-21(15-7-9-20-10-8-15)18(23)14-5-6-16-17(12-14)27(25,26)22(13(2)3)19(16)24;/h5-6,12-13,15,20H,4,7-11H2,1-3H3;1H. The summed E-state index contributed by atoms with van der Waals surface area (Å²) < 4.78 is 26.5. The fourth-order valence-corrected chi connectivity index (χ4v) is 5.66. The number of hydrogen-bond donors (Lipinski definition) is 1. The molecule has 2 amide bonds. The van der Waals surface area contributed by atoms with E-state index in [9.17, 15) is 18.0 Å². The summed E-state index contributed by atoms with van der Waals surface area (Å²) in [6, 6.07) is 4.09. The van der Waals surface area contributed by atoms with Gasteiger partial charge in [-0.2, -0.15) is 0 Å². The average Bonchev–Trinajstić information content (AvgIpc) is 2.85. The van der Waals surface area contributed by atoms with Gasteiger partial charge in [0.15, 0.2) is 0 Å². The van der Waals surface area contributed by atoms with Crippen molar-refractivity contribution in [3.8, 4) is 0 Å². The first-order valence-corrected chi connectivity index (χ1v) is 11.0. The number of carbonyl (C=O) groups is 2. The Labute approximate surface area is 172 Å². The van der Waals surface area contributed by atoms with Gasteiger partial charge in [-0.05, 0) is 64.4 Å². The summed E-state index contributed by atoms with van der Waals surface area (Å²) in [5, 5.41) is 3.30. The fourth-order valence-electron chi connectivity index (χ4n) is 3.87. The van der Waals surface area contributed by atoms with Crippen molar-refractivity contribution in [2.45, 2.75) is 57.0 Å². The number of sulfonamides is 1. The number of carbonyl (C=O) groups excluding carboxylic acids is 2. The largest absolute Gasteiger partial charge is 0.336 e. The van der Waals surface area contributed by atoms with Crippen LogP contribution < -0.4 is 5.32 Å². The lowest BCUT2D eigenvalue weighted by molar-refractivity contribution is 0.0641. The molecule has 1 N–H and O–H groups in total. The van der Waals surface area contributed by atoms with E-state index in [0.29, 0.717) is 12.1 Å². The fraction of sp³-hybridized carbons (Fsp3) is 0.579. The molecule has 7 nitrogen and oxygen atoms in total. The van der Waals surface area contributed by atoms with Crippen LogP contribution in [0.2, 0.25) is 0 Å². The molecule has 9 heteroatoms. The highest BCUT2D eigenvalue weighted by atomic mass is 35.5. The minimum Gasteiger partial charge on any atom is -0.336 e. The monoisotopic (exact) mass is 429 g/mol. The first-order valence-electron chi connectivity index (χ1n) is 9.53. The van der Waals surface area contributed by atoms with Gasteiger partial charge in [-0.25, -0.2) is 12.7 Å². The summed E-state index contributed by atoms with van der Waals surface area (Å²) in [5.41, 5.74) is 0.465. The average molecular weight is 430 g/mol. The minimum atomic E-state index is -3.91. The Morgan fingerprint density at radius 2 is 1.93 bits per heavy atom. The Bertz CT molecular complexity index is 851. The molecule has 2 aliphatic heterocycles. The zero-order valence-electron chi connectivity index (χ0n) is 16.5. The summed E-state index contributed by atoms with van der Waals surface area (Å²) in [5.74, 6) is -0.694. The van der Waals surface area contributed by atoms with Gasteiger partial charge in [0.05, 0.1) is 5.56 Å². The van der Waals surface area contributed by atoms with Gasteiger partial charge in [0, 0.05) is 24.2 Å². The maximum atomic E-state index is 13.2. The van der Waals surface area contributed by atoms with Crippen LogP contribution in [-0.2, 0) is 10.0 Å². The van der Waals surface area contributed by atoms with Crippen LogP contribution in [0.1, 0.15) is 60.7 Å². The molecular formula is C19H28ClN3O4S. The van der Waals surface area contributed by atoms with Gasteiger partial charge in [0.1, 0.15) is 4.90 Å². The zero-order valence-corrected chi connectivity index (χ0v) is 18.1. The van der Waals surface area contributed by atoms with Gasteiger partial charge in [0.25, 0.3) is 21.8 Å². The molecule has 0 spiro atoms. The van der Waals surface area contributed by atoms with E-state index in [-0.39, 0.29) is 34.8 Å². The molecule has 2 aliphatic rings. The minimum absolute atomic E-state index is 0. The quantitative estimate of drug-likeness (QED) is 0.775. The maximum Gasteiger partial charge on any atom is 0.269 e. The van der Waals surface area contributed by atoms with Crippen LogP contribution >= 0.6 is 12.4 Å². The van der Waals surface area contributed by atoms with Crippen molar-refractivity contribution in [2.75, 3.05) is 19.6 Å². The van der Waals surface area contributed by atoms with E-state index in [1.165, 1.54) is 12.1 Å². The number of rotatable bonds is 5. The van der Waals surface area contributed by atoms with E-state index in [2.05, 4.69) is 5.32 Å². The number of piperidine rings is 1. The van der Waals surface area contributed by atoms with E-state index in [0.717, 1.165) is 36.7 Å². The second-order valence-electron chi connectivity index (χ2n) is 7.39. The van der Waals surface area contributed by atoms with Crippen molar-refractivity contribution in [3.05, 3.63) is 29.3 Å². The highest BCUT2D eigenvalue weighted by Gasteiger charge is 2.43. The third kappa shape index (κ3) is 3.90. The Morgan fingerprint density at radius 3 is 2.50 bits per heavy atom. The van der Waals surface area contributed by atoms with Gasteiger partial charge in [-0.3, -0.25) is 9.59 Å². The molecular weight excluding hydrogens is 402 g/mol. The molecule has 3 rings (SSSR count). The predicted octanol–water partition coefficient (Wildman–Crippen LogP) is 2.27. The molecule has 1 saturated heterocycles. The maximum absolute atomic E-state index is 13.2. The van der Waals surface area contributed by atoms with Crippen LogP contribution in [0.4, 0.5) is 0 Å². The third-order valence-corrected chi connectivity index (χ3v) is 7.14. The van der Waals surface area contributed by atoms with Crippen molar-refractivity contribution >= 4 is 34.2 Å². The second-order valence-corrected chi connectivity index (χ2v) is 9.17. The van der Waals surface area contributed by atoms with Crippen molar-refractivity contribution < 1.29 is 18.0 Å². The van der Waals surface area contributed by atoms with Crippen LogP contribution in [0, 0.1) is 0 Å². The first-order chi connectivity index (χ1) is 12.8. The normalized spacial score (nSPS) is 18.7. The van der Waals surface area contributed by atoms with Gasteiger partial charge in [-0.15, -0.1) is 12.4 Å². The molecule has 28 heavy (non-hydrogen) atoms. The first kappa shape index (κ1) is 22.6. The Balaban J connectivity index is 0.00000280. The molecule has 0 saturated carbocycles. The SMILES string of the molecule is CCCN(C(=O)c1ccc2c(c1)S(=O)(=O)N(C(C)C)C2=O)C1CCNCC1.Cl. The van der Waals surface area contributed by atoms with E-state index in [1.54, 1.807) is 19.9 Å². The number of amides is 2. The molecule has 2 heterocycles. The molecule has 0 bridgehead atoms. The number of hydrogen-bond acceptors (Lipinski definition) is 5. The lowest BCUT2D eigenvalue weighted by atomic mass is 10.0. The highest BCUT2D eigenvalue weighted by Crippen LogP contribution is 2.33. The molecule has 1 aromatic rings. The lowest BCUT2D eigenvalue weighted by Gasteiger charge is -2.34. The number of fused-ring (bicyclic) bond motifs is 1. The topological polar surface area (TPSA) is 86.8 Å². The smallest absolute Gasteiger partial charge is 0.269 e. The molecule has 0 radical (unpaired) electrons. The van der Waals surface area contributed by atoms with Crippen molar-refractivity contribution in [3.63, 3.8) is 0 Å². The molecule has 156 valence electrons. The van der Waals surface area contributed by atoms with Gasteiger partial charge >= 0.3 is 0 Å². The van der Waals surface area contributed by atoms with Gasteiger partial charge in [-0.1, -0.05) is 6.92 Å². The van der Waals surface area contributed by atoms with E-state index >= 15 is 0 Å². The predicted molar refractivity (Wildman–Crippen MR) is 109 cm³/mol. The van der Waals surface area contributed by atoms with Crippen molar-refractivity contribution in [2.24, 2.45) is 0 Å². The Hall–Kier alpha value is -1.64. The second kappa shape index (κ2) is 8.80. The lowest BCUT2D eigenvalue weighted by Crippen LogP contribution is -2.46. The van der Waals surface area contributed by atoms with Crippen LogP contribution in [0.25, 0.3) is 0 Å². The number of halogens is 1. The summed E-state index contributed by atoms with van der Waals surface area (Å²) in [6.07, 6.45) is 2.60. The van der Waals surface area contributed by atoms with Gasteiger partial charge in [0.2, 0.25) is 0 Å². The van der Waals surface area contributed by atoms with Crippen LogP contribution in [0.15, 0.2) is 23.1 Å². The zero-order chi connectivity index (χ0) is 19.8. The highest BCUT2D eigenvalue weighted by molar-refractivity contribution is 7.90. The number of nitrogens with zero attached hydrogens (tertiary/aromatic N) is 2. The summed E-state index contributed by atoms with van der Waals surface area (Å²) in [7, 11) is -3.91. The van der Waals surface area contributed by atoms with E-state index in [4.69, 9.17) is 0 Å². The van der Waals surface area contributed by atoms with E-state index in [1.807, 2.05) is 11.8 Å². The summed E-state index contributed by atoms with van der Waals surface area (Å²) in [4.78, 5) is 27.4. The Kier molecular flexibility index (Phi) is 7.12. The molecule has 1 fully saturated rings. The molecule has 0 unspecified atom stereocenters. The van der Waals surface area contributed by atoms with Crippen LogP contribution in [-0.4, -0.2) is 61.2 Å². The molecule has 0 aromatic heterocycles. The third-order valence-electron chi connectivity index (χ3n) is 5.14. The molecule has 1 aromatic carbocycles. The summed E-state index contributed by atoms with van der Waals surface area (Å²) in [6.45, 7) is 7.71. The summed E-state index contributed by atoms with van der Waals surface area (Å²) >= 11 is 0. The number of benzene rings is 1. The molecule has 0 aliphatic carbocycles.